The van der Waals surface area contributed by atoms with Gasteiger partial charge >= 0.3 is 0 Å². The summed E-state index contributed by atoms with van der Waals surface area (Å²) >= 11 is 4.03. The zero-order valence-corrected chi connectivity index (χ0v) is 8.61. The van der Waals surface area contributed by atoms with Crippen LogP contribution in [-0.4, -0.2) is 17.0 Å². The number of aliphatic hydroxyl groups is 1. The van der Waals surface area contributed by atoms with Crippen LogP contribution in [0.2, 0.25) is 0 Å². The average Bonchev–Trinajstić information content (AvgIpc) is 2.05. The van der Waals surface area contributed by atoms with Gasteiger partial charge in [0, 0.05) is 12.8 Å². The van der Waals surface area contributed by atoms with E-state index in [2.05, 4.69) is 31.4 Å². The summed E-state index contributed by atoms with van der Waals surface area (Å²) in [4.78, 5) is 0. The second-order valence-corrected chi connectivity index (χ2v) is 3.27. The Hall–Kier alpha value is -0.130. The van der Waals surface area contributed by atoms with Crippen molar-refractivity contribution < 1.29 is 5.11 Å². The highest BCUT2D eigenvalue weighted by molar-refractivity contribution is 7.80. The van der Waals surface area contributed by atoms with Crippen molar-refractivity contribution in [3.8, 4) is 11.8 Å². The highest BCUT2D eigenvalue weighted by atomic mass is 32.1. The molecule has 0 aliphatic heterocycles. The third kappa shape index (κ3) is 7.97. The molecular weight excluding hydrogens is 168 g/mol. The minimum absolute atomic E-state index is 0.281. The molecule has 0 aromatic heterocycles. The fourth-order valence-electron chi connectivity index (χ4n) is 0.795. The quantitative estimate of drug-likeness (QED) is 0.383. The summed E-state index contributed by atoms with van der Waals surface area (Å²) in [6.07, 6.45) is 4.38. The molecule has 1 nitrogen and oxygen atoms in total. The Labute approximate surface area is 81.0 Å². The van der Waals surface area contributed by atoms with E-state index in [-0.39, 0.29) is 6.10 Å². The lowest BCUT2D eigenvalue weighted by atomic mass is 10.2. The second kappa shape index (κ2) is 8.96. The Morgan fingerprint density at radius 1 is 1.42 bits per heavy atom. The molecule has 0 amide bonds. The molecule has 1 atom stereocenters. The molecule has 0 aliphatic rings. The number of unbranched alkanes of at least 4 members (excludes halogenated alkanes) is 2. The summed E-state index contributed by atoms with van der Waals surface area (Å²) in [6.45, 7) is 2.15. The molecule has 0 heterocycles. The van der Waals surface area contributed by atoms with Crippen molar-refractivity contribution in [1.29, 1.82) is 0 Å². The van der Waals surface area contributed by atoms with Gasteiger partial charge in [0.15, 0.2) is 0 Å². The van der Waals surface area contributed by atoms with Gasteiger partial charge in [0.25, 0.3) is 0 Å². The van der Waals surface area contributed by atoms with E-state index >= 15 is 0 Å². The molecule has 2 heteroatoms. The van der Waals surface area contributed by atoms with Gasteiger partial charge in [-0.05, 0) is 18.6 Å². The van der Waals surface area contributed by atoms with Crippen LogP contribution in [0.3, 0.4) is 0 Å². The van der Waals surface area contributed by atoms with Crippen molar-refractivity contribution in [3.05, 3.63) is 0 Å². The Bertz CT molecular complexity index is 146. The Balaban J connectivity index is 3.29. The lowest BCUT2D eigenvalue weighted by Crippen LogP contribution is -2.05. The first kappa shape index (κ1) is 11.9. The fourth-order valence-corrected chi connectivity index (χ4v) is 1.09. The lowest BCUT2D eigenvalue weighted by Gasteiger charge is -2.01. The Morgan fingerprint density at radius 2 is 2.17 bits per heavy atom. The summed E-state index contributed by atoms with van der Waals surface area (Å²) in [6, 6.07) is 0. The molecule has 0 aliphatic carbocycles. The molecule has 0 aromatic rings. The molecule has 0 bridgehead atoms. The van der Waals surface area contributed by atoms with Crippen LogP contribution >= 0.6 is 12.6 Å². The standard InChI is InChI=1S/C10H18OS/c1-2-3-4-5-6-7-10(11)8-9-12/h10-12H,2-4,7-9H2,1H3/t10-/m1/s1. The molecule has 0 rings (SSSR count). The number of hydrogen-bond donors (Lipinski definition) is 2. The van der Waals surface area contributed by atoms with Gasteiger partial charge in [-0.25, -0.2) is 0 Å². The SMILES string of the molecule is CCCCC#CC[C@@H](O)CCS. The molecule has 0 radical (unpaired) electrons. The molecule has 0 aromatic carbocycles. The third-order valence-electron chi connectivity index (χ3n) is 1.58. The van der Waals surface area contributed by atoms with Gasteiger partial charge in [0.1, 0.15) is 0 Å². The van der Waals surface area contributed by atoms with Gasteiger partial charge < -0.3 is 5.11 Å². The van der Waals surface area contributed by atoms with E-state index in [0.29, 0.717) is 6.42 Å². The molecule has 0 fully saturated rings. The van der Waals surface area contributed by atoms with Crippen LogP contribution in [0.4, 0.5) is 0 Å². The first-order valence-corrected chi connectivity index (χ1v) is 5.19. The average molecular weight is 186 g/mol. The first-order valence-electron chi connectivity index (χ1n) is 4.56. The van der Waals surface area contributed by atoms with Gasteiger partial charge in [-0.2, -0.15) is 12.6 Å². The van der Waals surface area contributed by atoms with Crippen LogP contribution in [0, 0.1) is 11.8 Å². The maximum atomic E-state index is 9.25. The lowest BCUT2D eigenvalue weighted by molar-refractivity contribution is 0.177. The third-order valence-corrected chi connectivity index (χ3v) is 1.84. The van der Waals surface area contributed by atoms with E-state index in [1.807, 2.05) is 0 Å². The van der Waals surface area contributed by atoms with Gasteiger partial charge in [0.05, 0.1) is 6.10 Å². The van der Waals surface area contributed by atoms with Crippen molar-refractivity contribution >= 4 is 12.6 Å². The number of rotatable bonds is 5. The maximum absolute atomic E-state index is 9.25. The predicted octanol–water partition coefficient (Wildman–Crippen LogP) is 2.25. The molecule has 12 heavy (non-hydrogen) atoms. The monoisotopic (exact) mass is 186 g/mol. The van der Waals surface area contributed by atoms with Crippen LogP contribution in [0.1, 0.15) is 39.0 Å². The zero-order chi connectivity index (χ0) is 9.23. The minimum atomic E-state index is -0.281. The van der Waals surface area contributed by atoms with Crippen molar-refractivity contribution in [2.45, 2.75) is 45.1 Å². The largest absolute Gasteiger partial charge is 0.392 e. The van der Waals surface area contributed by atoms with Crippen LogP contribution in [0.25, 0.3) is 0 Å². The molecule has 0 unspecified atom stereocenters. The van der Waals surface area contributed by atoms with Gasteiger partial charge in [-0.3, -0.25) is 0 Å². The highest BCUT2D eigenvalue weighted by Gasteiger charge is 1.97. The summed E-state index contributed by atoms with van der Waals surface area (Å²) in [5.74, 6) is 6.75. The van der Waals surface area contributed by atoms with Crippen molar-refractivity contribution in [2.24, 2.45) is 0 Å². The molecule has 0 spiro atoms. The summed E-state index contributed by atoms with van der Waals surface area (Å²) in [7, 11) is 0. The second-order valence-electron chi connectivity index (χ2n) is 2.83. The normalized spacial score (nSPS) is 11.9. The predicted molar refractivity (Wildman–Crippen MR) is 56.4 cm³/mol. The van der Waals surface area contributed by atoms with Crippen molar-refractivity contribution in [2.75, 3.05) is 5.75 Å². The Kier molecular flexibility index (Phi) is 8.86. The van der Waals surface area contributed by atoms with Crippen LogP contribution in [0.5, 0.6) is 0 Å². The topological polar surface area (TPSA) is 20.2 Å². The zero-order valence-electron chi connectivity index (χ0n) is 7.71. The van der Waals surface area contributed by atoms with Crippen LogP contribution in [-0.2, 0) is 0 Å². The van der Waals surface area contributed by atoms with Gasteiger partial charge in [-0.1, -0.05) is 13.3 Å². The van der Waals surface area contributed by atoms with Crippen LogP contribution < -0.4 is 0 Å². The van der Waals surface area contributed by atoms with E-state index < -0.39 is 0 Å². The highest BCUT2D eigenvalue weighted by Crippen LogP contribution is 1.98. The molecule has 0 saturated carbocycles. The van der Waals surface area contributed by atoms with Crippen molar-refractivity contribution in [1.82, 2.24) is 0 Å². The van der Waals surface area contributed by atoms with E-state index in [0.717, 1.165) is 25.0 Å². The molecular formula is C10H18OS. The van der Waals surface area contributed by atoms with Gasteiger partial charge in [0.2, 0.25) is 0 Å². The number of aliphatic hydroxyl groups excluding tert-OH is 1. The summed E-state index contributed by atoms with van der Waals surface area (Å²) in [5, 5.41) is 9.25. The van der Waals surface area contributed by atoms with Gasteiger partial charge in [-0.15, -0.1) is 11.8 Å². The smallest absolute Gasteiger partial charge is 0.0657 e. The van der Waals surface area contributed by atoms with E-state index in [1.54, 1.807) is 0 Å². The molecule has 1 N–H and O–H groups in total. The van der Waals surface area contributed by atoms with Crippen LogP contribution in [0.15, 0.2) is 0 Å². The van der Waals surface area contributed by atoms with E-state index in [1.165, 1.54) is 6.42 Å². The Morgan fingerprint density at radius 3 is 2.75 bits per heavy atom. The molecule has 0 saturated heterocycles. The van der Waals surface area contributed by atoms with E-state index in [9.17, 15) is 5.11 Å². The first-order chi connectivity index (χ1) is 5.81. The maximum Gasteiger partial charge on any atom is 0.0657 e. The molecule has 70 valence electrons. The number of thiol groups is 1. The summed E-state index contributed by atoms with van der Waals surface area (Å²) in [5.41, 5.74) is 0. The van der Waals surface area contributed by atoms with E-state index in [4.69, 9.17) is 0 Å². The fraction of sp³-hybridized carbons (Fsp3) is 0.800. The minimum Gasteiger partial charge on any atom is -0.392 e. The number of hydrogen-bond acceptors (Lipinski definition) is 2. The van der Waals surface area contributed by atoms with Crippen molar-refractivity contribution in [3.63, 3.8) is 0 Å². The summed E-state index contributed by atoms with van der Waals surface area (Å²) < 4.78 is 0.